The summed E-state index contributed by atoms with van der Waals surface area (Å²) in [6, 6.07) is 15.8. The molecule has 7 heteroatoms. The monoisotopic (exact) mass is 425 g/mol. The van der Waals surface area contributed by atoms with Gasteiger partial charge in [0.05, 0.1) is 18.9 Å². The molecule has 1 N–H and O–H groups in total. The Bertz CT molecular complexity index is 964. The van der Waals surface area contributed by atoms with Crippen molar-refractivity contribution >= 4 is 29.4 Å². The van der Waals surface area contributed by atoms with Gasteiger partial charge in [0.1, 0.15) is 15.8 Å². The van der Waals surface area contributed by atoms with E-state index in [9.17, 15) is 4.79 Å². The minimum Gasteiger partial charge on any atom is -0.497 e. The van der Waals surface area contributed by atoms with Crippen LogP contribution in [-0.4, -0.2) is 28.7 Å². The molecule has 1 heterocycles. The summed E-state index contributed by atoms with van der Waals surface area (Å²) in [5.74, 6) is 1.03. The average molecular weight is 426 g/mol. The third-order valence-corrected chi connectivity index (χ3v) is 6.26. The predicted molar refractivity (Wildman–Crippen MR) is 118 cm³/mol. The molecule has 0 aliphatic heterocycles. The second-order valence-electron chi connectivity index (χ2n) is 6.44. The van der Waals surface area contributed by atoms with Crippen LogP contribution in [0, 0.1) is 6.92 Å². The van der Waals surface area contributed by atoms with Gasteiger partial charge in [-0.15, -0.1) is 0 Å². The standard InChI is InChI=1S/C22H23N3O2S2/c1-15-5-4-6-19(13-15)29-22-21(23-11-12-24-22)28-14-20(26)25-16(2)17-7-9-18(27-3)10-8-17/h4-13,16H,14H2,1-3H3,(H,25,26). The number of aromatic nitrogens is 2. The van der Waals surface area contributed by atoms with Crippen LogP contribution in [0.3, 0.4) is 0 Å². The zero-order valence-corrected chi connectivity index (χ0v) is 18.2. The first-order chi connectivity index (χ1) is 14.0. The van der Waals surface area contributed by atoms with Crippen molar-refractivity contribution in [2.45, 2.75) is 34.8 Å². The lowest BCUT2D eigenvalue weighted by atomic mass is 10.1. The number of hydrogen-bond donors (Lipinski definition) is 1. The number of carbonyl (C=O) groups excluding carboxylic acids is 1. The third kappa shape index (κ3) is 6.24. The van der Waals surface area contributed by atoms with Gasteiger partial charge < -0.3 is 10.1 Å². The molecule has 2 aromatic carbocycles. The van der Waals surface area contributed by atoms with Gasteiger partial charge in [0.15, 0.2) is 0 Å². The Labute approximate surface area is 179 Å². The molecule has 1 aromatic heterocycles. The molecule has 1 amide bonds. The topological polar surface area (TPSA) is 64.1 Å². The largest absolute Gasteiger partial charge is 0.497 e. The fourth-order valence-corrected chi connectivity index (χ4v) is 4.50. The second-order valence-corrected chi connectivity index (χ2v) is 8.46. The highest BCUT2D eigenvalue weighted by Gasteiger charge is 2.13. The maximum atomic E-state index is 12.4. The van der Waals surface area contributed by atoms with Crippen LogP contribution in [0.15, 0.2) is 75.9 Å². The predicted octanol–water partition coefficient (Wildman–Crippen LogP) is 4.91. The minimum atomic E-state index is -0.0861. The number of methoxy groups -OCH3 is 1. The molecule has 0 saturated heterocycles. The van der Waals surface area contributed by atoms with E-state index < -0.39 is 0 Å². The first-order valence-corrected chi connectivity index (χ1v) is 11.0. The van der Waals surface area contributed by atoms with E-state index >= 15 is 0 Å². The number of nitrogens with zero attached hydrogens (tertiary/aromatic N) is 2. The van der Waals surface area contributed by atoms with E-state index in [2.05, 4.69) is 34.3 Å². The highest BCUT2D eigenvalue weighted by atomic mass is 32.2. The van der Waals surface area contributed by atoms with Gasteiger partial charge >= 0.3 is 0 Å². The summed E-state index contributed by atoms with van der Waals surface area (Å²) in [4.78, 5) is 22.4. The first-order valence-electron chi connectivity index (χ1n) is 9.17. The molecule has 150 valence electrons. The Kier molecular flexibility index (Phi) is 7.55. The van der Waals surface area contributed by atoms with Crippen LogP contribution < -0.4 is 10.1 Å². The van der Waals surface area contributed by atoms with E-state index in [1.54, 1.807) is 31.3 Å². The number of aryl methyl sites for hydroxylation is 1. The van der Waals surface area contributed by atoms with E-state index in [1.807, 2.05) is 43.3 Å². The summed E-state index contributed by atoms with van der Waals surface area (Å²) >= 11 is 2.95. The molecule has 0 radical (unpaired) electrons. The van der Waals surface area contributed by atoms with Crippen molar-refractivity contribution in [3.05, 3.63) is 72.1 Å². The van der Waals surface area contributed by atoms with Crippen LogP contribution in [0.1, 0.15) is 24.1 Å². The first kappa shape index (κ1) is 21.2. The van der Waals surface area contributed by atoms with Gasteiger partial charge in [-0.1, -0.05) is 53.4 Å². The van der Waals surface area contributed by atoms with Crippen LogP contribution in [0.4, 0.5) is 0 Å². The van der Waals surface area contributed by atoms with Gasteiger partial charge in [0, 0.05) is 17.3 Å². The van der Waals surface area contributed by atoms with Gasteiger partial charge in [0.2, 0.25) is 5.91 Å². The zero-order valence-electron chi connectivity index (χ0n) is 16.6. The fraction of sp³-hybridized carbons (Fsp3) is 0.227. The number of nitrogens with one attached hydrogen (secondary N) is 1. The van der Waals surface area contributed by atoms with Crippen LogP contribution in [0.25, 0.3) is 0 Å². The van der Waals surface area contributed by atoms with Crippen molar-refractivity contribution in [2.75, 3.05) is 12.9 Å². The normalized spacial score (nSPS) is 11.7. The molecule has 0 fully saturated rings. The molecule has 1 atom stereocenters. The summed E-state index contributed by atoms with van der Waals surface area (Å²) in [5, 5.41) is 4.59. The Morgan fingerprint density at radius 2 is 1.83 bits per heavy atom. The number of carbonyl (C=O) groups is 1. The maximum Gasteiger partial charge on any atom is 0.230 e. The van der Waals surface area contributed by atoms with Gasteiger partial charge in [-0.2, -0.15) is 0 Å². The lowest BCUT2D eigenvalue weighted by Gasteiger charge is -2.15. The smallest absolute Gasteiger partial charge is 0.230 e. The highest BCUT2D eigenvalue weighted by molar-refractivity contribution is 8.02. The van der Waals surface area contributed by atoms with Crippen molar-refractivity contribution < 1.29 is 9.53 Å². The van der Waals surface area contributed by atoms with Crippen molar-refractivity contribution in [1.29, 1.82) is 0 Å². The maximum absolute atomic E-state index is 12.4. The molecule has 3 rings (SSSR count). The number of amides is 1. The van der Waals surface area contributed by atoms with E-state index in [4.69, 9.17) is 4.74 Å². The van der Waals surface area contributed by atoms with E-state index in [0.29, 0.717) is 0 Å². The average Bonchev–Trinajstić information content (AvgIpc) is 2.73. The number of rotatable bonds is 8. The summed E-state index contributed by atoms with van der Waals surface area (Å²) in [7, 11) is 1.63. The lowest BCUT2D eigenvalue weighted by Crippen LogP contribution is -2.28. The molecular formula is C22H23N3O2S2. The Balaban J connectivity index is 1.58. The van der Waals surface area contributed by atoms with Crippen molar-refractivity contribution in [3.8, 4) is 5.75 Å². The fourth-order valence-electron chi connectivity index (χ4n) is 2.66. The molecule has 0 saturated carbocycles. The van der Waals surface area contributed by atoms with Crippen LogP contribution in [0.2, 0.25) is 0 Å². The summed E-state index contributed by atoms with van der Waals surface area (Å²) in [6.45, 7) is 4.02. The van der Waals surface area contributed by atoms with Gasteiger partial charge in [0.25, 0.3) is 0 Å². The van der Waals surface area contributed by atoms with Gasteiger partial charge in [-0.3, -0.25) is 4.79 Å². The number of hydrogen-bond acceptors (Lipinski definition) is 6. The van der Waals surface area contributed by atoms with Gasteiger partial charge in [-0.25, -0.2) is 9.97 Å². The third-order valence-electron chi connectivity index (χ3n) is 4.17. The summed E-state index contributed by atoms with van der Waals surface area (Å²) < 4.78 is 5.17. The number of thioether (sulfide) groups is 1. The number of benzene rings is 2. The van der Waals surface area contributed by atoms with Crippen molar-refractivity contribution in [3.63, 3.8) is 0 Å². The Hall–Kier alpha value is -2.51. The quantitative estimate of drug-likeness (QED) is 0.517. The molecular weight excluding hydrogens is 402 g/mol. The SMILES string of the molecule is COc1ccc(C(C)NC(=O)CSc2nccnc2Sc2cccc(C)c2)cc1. The minimum absolute atomic E-state index is 0.0459. The van der Waals surface area contributed by atoms with E-state index in [-0.39, 0.29) is 17.7 Å². The molecule has 3 aromatic rings. The van der Waals surface area contributed by atoms with Crippen LogP contribution in [0.5, 0.6) is 5.75 Å². The summed E-state index contributed by atoms with van der Waals surface area (Å²) in [6.07, 6.45) is 3.33. The zero-order chi connectivity index (χ0) is 20.6. The van der Waals surface area contributed by atoms with E-state index in [1.165, 1.54) is 17.3 Å². The van der Waals surface area contributed by atoms with E-state index in [0.717, 1.165) is 26.3 Å². The molecule has 5 nitrogen and oxygen atoms in total. The molecule has 1 unspecified atom stereocenters. The molecule has 0 spiro atoms. The molecule has 0 bridgehead atoms. The van der Waals surface area contributed by atoms with Crippen LogP contribution in [-0.2, 0) is 4.79 Å². The van der Waals surface area contributed by atoms with Gasteiger partial charge in [-0.05, 0) is 43.7 Å². The summed E-state index contributed by atoms with van der Waals surface area (Å²) in [5.41, 5.74) is 2.22. The molecule has 0 aliphatic carbocycles. The molecule has 29 heavy (non-hydrogen) atoms. The molecule has 0 aliphatic rings. The van der Waals surface area contributed by atoms with Crippen molar-refractivity contribution in [2.24, 2.45) is 0 Å². The lowest BCUT2D eigenvalue weighted by molar-refractivity contribution is -0.119. The Morgan fingerprint density at radius 1 is 1.10 bits per heavy atom. The number of ether oxygens (including phenoxy) is 1. The Morgan fingerprint density at radius 3 is 2.52 bits per heavy atom. The van der Waals surface area contributed by atoms with Crippen LogP contribution >= 0.6 is 23.5 Å². The highest BCUT2D eigenvalue weighted by Crippen LogP contribution is 2.32. The van der Waals surface area contributed by atoms with Crippen molar-refractivity contribution in [1.82, 2.24) is 15.3 Å². The second kappa shape index (κ2) is 10.3.